The molecule has 0 saturated carbocycles. The molecule has 2 atom stereocenters. The summed E-state index contributed by atoms with van der Waals surface area (Å²) in [5, 5.41) is 15.1. The van der Waals surface area contributed by atoms with Gasteiger partial charge in [0.25, 0.3) is 0 Å². The van der Waals surface area contributed by atoms with Crippen LogP contribution in [0.4, 0.5) is 8.78 Å². The predicted molar refractivity (Wildman–Crippen MR) is 127 cm³/mol. The fourth-order valence-corrected chi connectivity index (χ4v) is 4.73. The van der Waals surface area contributed by atoms with Crippen molar-refractivity contribution in [2.24, 2.45) is 5.16 Å². The van der Waals surface area contributed by atoms with Crippen molar-refractivity contribution in [2.45, 2.75) is 31.9 Å². The highest BCUT2D eigenvalue weighted by Crippen LogP contribution is 2.35. The minimum Gasteiger partial charge on any atom is -0.495 e. The van der Waals surface area contributed by atoms with Crippen LogP contribution in [0.1, 0.15) is 35.7 Å². The molecule has 35 heavy (non-hydrogen) atoms. The molecule has 0 aliphatic carbocycles. The number of methoxy groups -OCH3 is 1. The molecule has 2 aromatic carbocycles. The molecule has 1 saturated heterocycles. The minimum atomic E-state index is -1.00. The van der Waals surface area contributed by atoms with E-state index in [9.17, 15) is 13.9 Å². The monoisotopic (exact) mass is 480 g/mol. The zero-order valence-corrected chi connectivity index (χ0v) is 19.5. The first-order chi connectivity index (χ1) is 16.9. The maximum atomic E-state index is 14.0. The molecule has 0 amide bonds. The van der Waals surface area contributed by atoms with Crippen LogP contribution in [0.2, 0.25) is 0 Å². The van der Waals surface area contributed by atoms with Crippen molar-refractivity contribution < 1.29 is 23.5 Å². The first-order valence-electron chi connectivity index (χ1n) is 11.4. The molecule has 1 fully saturated rings. The van der Waals surface area contributed by atoms with E-state index in [-0.39, 0.29) is 6.61 Å². The van der Waals surface area contributed by atoms with Crippen molar-refractivity contribution in [1.82, 2.24) is 14.5 Å². The average Bonchev–Trinajstić information content (AvgIpc) is 3.17. The lowest BCUT2D eigenvalue weighted by molar-refractivity contribution is 0.0139. The molecule has 2 aliphatic rings. The number of oxime groups is 1. The fourth-order valence-electron chi connectivity index (χ4n) is 4.73. The number of amidine groups is 1. The first kappa shape index (κ1) is 23.0. The third kappa shape index (κ3) is 4.64. The van der Waals surface area contributed by atoms with E-state index in [2.05, 4.69) is 10.1 Å². The minimum absolute atomic E-state index is 0.0804. The molecule has 9 heteroatoms. The van der Waals surface area contributed by atoms with Crippen molar-refractivity contribution in [3.63, 3.8) is 0 Å². The van der Waals surface area contributed by atoms with Gasteiger partial charge in [0.05, 0.1) is 30.9 Å². The van der Waals surface area contributed by atoms with Gasteiger partial charge in [-0.2, -0.15) is 0 Å². The van der Waals surface area contributed by atoms with E-state index in [0.717, 1.165) is 41.4 Å². The van der Waals surface area contributed by atoms with Crippen molar-refractivity contribution in [1.29, 1.82) is 0 Å². The second-order valence-corrected chi connectivity index (χ2v) is 8.75. The van der Waals surface area contributed by atoms with E-state index in [1.54, 1.807) is 13.4 Å². The number of benzene rings is 2. The van der Waals surface area contributed by atoms with Gasteiger partial charge in [-0.3, -0.25) is 0 Å². The molecule has 3 aromatic rings. The lowest BCUT2D eigenvalue weighted by atomic mass is 9.93. The number of rotatable bonds is 4. The molecule has 0 unspecified atom stereocenters. The van der Waals surface area contributed by atoms with Crippen molar-refractivity contribution in [3.8, 4) is 11.4 Å². The summed E-state index contributed by atoms with van der Waals surface area (Å²) < 4.78 is 35.5. The van der Waals surface area contributed by atoms with Crippen LogP contribution in [-0.4, -0.2) is 51.8 Å². The van der Waals surface area contributed by atoms with Gasteiger partial charge < -0.3 is 24.1 Å². The summed E-state index contributed by atoms with van der Waals surface area (Å²) in [6.07, 6.45) is 6.19. The Bertz CT molecular complexity index is 1280. The zero-order chi connectivity index (χ0) is 24.5. The quantitative estimate of drug-likeness (QED) is 0.600. The van der Waals surface area contributed by atoms with E-state index in [4.69, 9.17) is 9.57 Å². The maximum Gasteiger partial charge on any atom is 0.172 e. The van der Waals surface area contributed by atoms with Gasteiger partial charge in [-0.15, -0.1) is 0 Å². The summed E-state index contributed by atoms with van der Waals surface area (Å²) in [5.74, 6) is -0.143. The van der Waals surface area contributed by atoms with Gasteiger partial charge in [0.15, 0.2) is 5.84 Å². The second kappa shape index (κ2) is 9.50. The van der Waals surface area contributed by atoms with Gasteiger partial charge >= 0.3 is 0 Å². The summed E-state index contributed by atoms with van der Waals surface area (Å²) in [7, 11) is 1.62. The van der Waals surface area contributed by atoms with Crippen molar-refractivity contribution in [3.05, 3.63) is 83.0 Å². The van der Waals surface area contributed by atoms with Crippen LogP contribution in [0.15, 0.2) is 59.7 Å². The standard InChI is InChI=1S/C26H26F2N4O3/c1-16-13-31(15-29-16)22-6-5-17(9-24(22)34-2)8-18-4-3-7-32-25(23(33)14-35-30-26(18)32)19-10-20(27)12-21(28)11-19/h5-6,8-13,15,23,25,33H,3-4,7,14H2,1-2H3/t23-,25+/m1/s1. The van der Waals surface area contributed by atoms with Crippen LogP contribution < -0.4 is 4.74 Å². The Balaban J connectivity index is 1.50. The summed E-state index contributed by atoms with van der Waals surface area (Å²) in [4.78, 5) is 11.6. The molecule has 2 aliphatic heterocycles. The van der Waals surface area contributed by atoms with E-state index < -0.39 is 23.8 Å². The van der Waals surface area contributed by atoms with Gasteiger partial charge in [0.2, 0.25) is 0 Å². The number of ether oxygens (including phenoxy) is 1. The number of aromatic nitrogens is 2. The first-order valence-corrected chi connectivity index (χ1v) is 11.4. The Morgan fingerprint density at radius 2 is 1.97 bits per heavy atom. The number of hydrogen-bond acceptors (Lipinski definition) is 6. The largest absolute Gasteiger partial charge is 0.495 e. The molecule has 3 heterocycles. The van der Waals surface area contributed by atoms with E-state index >= 15 is 0 Å². The van der Waals surface area contributed by atoms with Gasteiger partial charge in [0.1, 0.15) is 30.1 Å². The summed E-state index contributed by atoms with van der Waals surface area (Å²) in [6, 6.07) is 8.50. The topological polar surface area (TPSA) is 72.1 Å². The molecular weight excluding hydrogens is 454 g/mol. The Hall–Kier alpha value is -3.72. The van der Waals surface area contributed by atoms with Crippen LogP contribution in [0.5, 0.6) is 5.75 Å². The normalized spacial score (nSPS) is 21.2. The van der Waals surface area contributed by atoms with E-state index in [0.29, 0.717) is 23.7 Å². The highest BCUT2D eigenvalue weighted by molar-refractivity contribution is 6.02. The Morgan fingerprint density at radius 1 is 1.17 bits per heavy atom. The Morgan fingerprint density at radius 3 is 2.69 bits per heavy atom. The Kier molecular flexibility index (Phi) is 6.25. The van der Waals surface area contributed by atoms with Crippen LogP contribution in [0, 0.1) is 18.6 Å². The van der Waals surface area contributed by atoms with Gasteiger partial charge in [-0.05, 0) is 66.8 Å². The molecule has 5 rings (SSSR count). The van der Waals surface area contributed by atoms with Crippen LogP contribution in [0.25, 0.3) is 11.8 Å². The summed E-state index contributed by atoms with van der Waals surface area (Å²) >= 11 is 0. The third-order valence-corrected chi connectivity index (χ3v) is 6.26. The lowest BCUT2D eigenvalue weighted by Crippen LogP contribution is -2.44. The highest BCUT2D eigenvalue weighted by atomic mass is 19.1. The smallest absolute Gasteiger partial charge is 0.172 e. The van der Waals surface area contributed by atoms with Crippen LogP contribution in [0.3, 0.4) is 0 Å². The zero-order valence-electron chi connectivity index (χ0n) is 19.5. The van der Waals surface area contributed by atoms with Crippen molar-refractivity contribution >= 4 is 11.9 Å². The Labute approximate surface area is 201 Å². The number of imidazole rings is 1. The van der Waals surface area contributed by atoms with Gasteiger partial charge in [0, 0.05) is 18.8 Å². The molecular formula is C26H26F2N4O3. The summed E-state index contributed by atoms with van der Waals surface area (Å²) in [5.41, 5.74) is 3.92. The number of fused-ring (bicyclic) bond motifs is 1. The summed E-state index contributed by atoms with van der Waals surface area (Å²) in [6.45, 7) is 2.42. The molecule has 0 bridgehead atoms. The predicted octanol–water partition coefficient (Wildman–Crippen LogP) is 4.39. The highest BCUT2D eigenvalue weighted by Gasteiger charge is 2.37. The molecule has 1 aromatic heterocycles. The van der Waals surface area contributed by atoms with E-state index in [1.165, 1.54) is 12.1 Å². The number of aliphatic hydroxyl groups is 1. The maximum absolute atomic E-state index is 14.0. The number of nitrogens with zero attached hydrogens (tertiary/aromatic N) is 4. The molecule has 0 spiro atoms. The number of hydrogen-bond donors (Lipinski definition) is 1. The number of halogens is 2. The van der Waals surface area contributed by atoms with Crippen LogP contribution >= 0.6 is 0 Å². The number of piperidine rings is 1. The SMILES string of the molecule is COc1cc(C=C2CCCN3C2=NOC[C@@H](O)[C@@H]3c2cc(F)cc(F)c2)ccc1-n1cnc(C)c1. The molecule has 0 radical (unpaired) electrons. The number of aliphatic hydroxyl groups excluding tert-OH is 1. The molecule has 7 nitrogen and oxygen atoms in total. The van der Waals surface area contributed by atoms with Crippen molar-refractivity contribution in [2.75, 3.05) is 20.3 Å². The third-order valence-electron chi connectivity index (χ3n) is 6.26. The molecule has 1 N–H and O–H groups in total. The average molecular weight is 481 g/mol. The number of aryl methyl sites for hydroxylation is 1. The second-order valence-electron chi connectivity index (χ2n) is 8.75. The van der Waals surface area contributed by atoms with Crippen LogP contribution in [-0.2, 0) is 4.84 Å². The molecule has 182 valence electrons. The fraction of sp³-hybridized carbons (Fsp3) is 0.308. The van der Waals surface area contributed by atoms with Gasteiger partial charge in [-0.25, -0.2) is 13.8 Å². The van der Waals surface area contributed by atoms with E-state index in [1.807, 2.05) is 46.9 Å². The lowest BCUT2D eigenvalue weighted by Gasteiger charge is -2.38. The van der Waals surface area contributed by atoms with Gasteiger partial charge in [-0.1, -0.05) is 11.2 Å².